The van der Waals surface area contributed by atoms with Gasteiger partial charge in [-0.25, -0.2) is 0 Å². The molecule has 1 spiro atoms. The second-order valence-electron chi connectivity index (χ2n) is 11.2. The minimum absolute atomic E-state index is 0.545. The summed E-state index contributed by atoms with van der Waals surface area (Å²) in [6.45, 7) is 0. The fourth-order valence-electron chi connectivity index (χ4n) is 7.37. The summed E-state index contributed by atoms with van der Waals surface area (Å²) in [6.07, 6.45) is 4.51. The summed E-state index contributed by atoms with van der Waals surface area (Å²) in [5, 5.41) is 11.6. The molecule has 2 aliphatic carbocycles. The number of fused-ring (bicyclic) bond motifs is 13. The molecule has 1 atom stereocenters. The Labute approximate surface area is 243 Å². The van der Waals surface area contributed by atoms with Crippen LogP contribution in [0.2, 0.25) is 0 Å². The van der Waals surface area contributed by atoms with E-state index in [4.69, 9.17) is 4.42 Å². The van der Waals surface area contributed by atoms with Crippen molar-refractivity contribution in [1.29, 1.82) is 5.26 Å². The van der Waals surface area contributed by atoms with Gasteiger partial charge < -0.3 is 4.42 Å². The van der Waals surface area contributed by atoms with Crippen molar-refractivity contribution >= 4 is 34.1 Å². The van der Waals surface area contributed by atoms with E-state index in [-0.39, 0.29) is 0 Å². The van der Waals surface area contributed by atoms with Gasteiger partial charge in [-0.1, -0.05) is 115 Å². The van der Waals surface area contributed by atoms with E-state index in [1.165, 1.54) is 44.5 Å². The molecule has 2 nitrogen and oxygen atoms in total. The second-order valence-corrected chi connectivity index (χ2v) is 11.2. The Kier molecular flexibility index (Phi) is 4.63. The molecule has 7 aromatic rings. The highest BCUT2D eigenvalue weighted by molar-refractivity contribution is 6.12. The number of nitrogens with zero attached hydrogens (tertiary/aromatic N) is 1. The van der Waals surface area contributed by atoms with Crippen molar-refractivity contribution in [3.05, 3.63) is 166 Å². The summed E-state index contributed by atoms with van der Waals surface area (Å²) in [4.78, 5) is 0. The van der Waals surface area contributed by atoms with Gasteiger partial charge in [0, 0.05) is 16.3 Å². The summed E-state index contributed by atoms with van der Waals surface area (Å²) >= 11 is 0. The van der Waals surface area contributed by atoms with Gasteiger partial charge in [0.15, 0.2) is 0 Å². The first-order chi connectivity index (χ1) is 20.8. The first-order valence-electron chi connectivity index (χ1n) is 14.2. The molecule has 1 heterocycles. The van der Waals surface area contributed by atoms with E-state index in [2.05, 4.69) is 115 Å². The smallest absolute Gasteiger partial charge is 0.143 e. The minimum Gasteiger partial charge on any atom is -0.455 e. The van der Waals surface area contributed by atoms with Crippen LogP contribution >= 0.6 is 0 Å². The SMILES string of the molecule is N#Cc1ccc(-c2ccc3c(c2)C2(c4ccccc4C=C3)c3ccccc3-c3c2ccc2c3oc3ccccc32)cc1. The third-order valence-electron chi connectivity index (χ3n) is 9.16. The molecule has 0 aliphatic heterocycles. The third-order valence-corrected chi connectivity index (χ3v) is 9.16. The minimum atomic E-state index is -0.545. The Bertz CT molecular complexity index is 2310. The molecular weight excluding hydrogens is 510 g/mol. The van der Waals surface area contributed by atoms with Crippen molar-refractivity contribution in [2.75, 3.05) is 0 Å². The highest BCUT2D eigenvalue weighted by Crippen LogP contribution is 2.60. The molecule has 42 heavy (non-hydrogen) atoms. The Hall–Kier alpha value is -5.65. The molecule has 0 saturated heterocycles. The predicted molar refractivity (Wildman–Crippen MR) is 170 cm³/mol. The molecule has 2 aliphatic rings. The standard InChI is InChI=1S/C40H23NO/c41-24-25-13-15-26(16-14-25)29-20-19-28-18-17-27-7-1-4-10-33(27)40(36(28)23-29)34-11-5-2-9-32(34)38-35(40)22-21-31-30-8-3-6-12-37(30)42-39(31)38/h1-23H. The zero-order valence-corrected chi connectivity index (χ0v) is 22.6. The number of hydrogen-bond donors (Lipinski definition) is 0. The molecule has 9 rings (SSSR count). The summed E-state index contributed by atoms with van der Waals surface area (Å²) in [5.74, 6) is 0. The Balaban J connectivity index is 1.44. The highest BCUT2D eigenvalue weighted by atomic mass is 16.3. The van der Waals surface area contributed by atoms with Gasteiger partial charge in [-0.05, 0) is 74.3 Å². The van der Waals surface area contributed by atoms with E-state index in [1.54, 1.807) is 0 Å². The maximum absolute atomic E-state index is 9.36. The second kappa shape index (κ2) is 8.43. The Morgan fingerprint density at radius 2 is 1.26 bits per heavy atom. The van der Waals surface area contributed by atoms with Crippen molar-refractivity contribution < 1.29 is 4.42 Å². The summed E-state index contributed by atoms with van der Waals surface area (Å²) in [5.41, 5.74) is 14.0. The number of para-hydroxylation sites is 1. The molecule has 1 aromatic heterocycles. The Morgan fingerprint density at radius 3 is 2.12 bits per heavy atom. The lowest BCUT2D eigenvalue weighted by molar-refractivity contribution is 0.669. The van der Waals surface area contributed by atoms with Crippen LogP contribution in [0.3, 0.4) is 0 Å². The van der Waals surface area contributed by atoms with Crippen LogP contribution in [0.4, 0.5) is 0 Å². The van der Waals surface area contributed by atoms with E-state index in [0.29, 0.717) is 5.56 Å². The van der Waals surface area contributed by atoms with Gasteiger partial charge in [0.05, 0.1) is 17.0 Å². The molecule has 2 heteroatoms. The van der Waals surface area contributed by atoms with Crippen LogP contribution < -0.4 is 0 Å². The Morgan fingerprint density at radius 1 is 0.548 bits per heavy atom. The number of nitriles is 1. The maximum Gasteiger partial charge on any atom is 0.143 e. The normalized spacial score (nSPS) is 16.1. The summed E-state index contributed by atoms with van der Waals surface area (Å²) in [6, 6.07) is 47.4. The fraction of sp³-hybridized carbons (Fsp3) is 0.0250. The average Bonchev–Trinajstić information content (AvgIpc) is 3.53. The van der Waals surface area contributed by atoms with Gasteiger partial charge in [0.2, 0.25) is 0 Å². The first-order valence-corrected chi connectivity index (χ1v) is 14.2. The van der Waals surface area contributed by atoms with Crippen molar-refractivity contribution in [1.82, 2.24) is 0 Å². The fourth-order valence-corrected chi connectivity index (χ4v) is 7.37. The van der Waals surface area contributed by atoms with Crippen molar-refractivity contribution in [2.45, 2.75) is 5.41 Å². The lowest BCUT2D eigenvalue weighted by Gasteiger charge is -2.35. The van der Waals surface area contributed by atoms with Gasteiger partial charge in [-0.3, -0.25) is 0 Å². The number of benzene rings is 6. The number of rotatable bonds is 1. The van der Waals surface area contributed by atoms with Crippen LogP contribution in [-0.2, 0) is 5.41 Å². The quantitative estimate of drug-likeness (QED) is 0.210. The molecule has 0 amide bonds. The molecule has 1 unspecified atom stereocenters. The van der Waals surface area contributed by atoms with Crippen LogP contribution in [0.1, 0.15) is 38.9 Å². The van der Waals surface area contributed by atoms with Gasteiger partial charge in [-0.15, -0.1) is 0 Å². The van der Waals surface area contributed by atoms with E-state index < -0.39 is 5.41 Å². The van der Waals surface area contributed by atoms with Gasteiger partial charge in [0.1, 0.15) is 11.2 Å². The molecule has 0 saturated carbocycles. The van der Waals surface area contributed by atoms with Crippen LogP contribution in [0.25, 0.3) is 56.3 Å². The van der Waals surface area contributed by atoms with E-state index in [1.807, 2.05) is 30.3 Å². The van der Waals surface area contributed by atoms with E-state index >= 15 is 0 Å². The highest BCUT2D eigenvalue weighted by Gasteiger charge is 2.49. The molecule has 0 N–H and O–H groups in total. The van der Waals surface area contributed by atoms with Crippen LogP contribution in [0.15, 0.2) is 132 Å². The molecule has 0 bridgehead atoms. The zero-order chi connectivity index (χ0) is 27.8. The lowest BCUT2D eigenvalue weighted by atomic mass is 9.65. The van der Waals surface area contributed by atoms with Crippen molar-refractivity contribution in [2.24, 2.45) is 0 Å². The summed E-state index contributed by atoms with van der Waals surface area (Å²) < 4.78 is 6.67. The van der Waals surface area contributed by atoms with Gasteiger partial charge >= 0.3 is 0 Å². The molecule has 6 aromatic carbocycles. The monoisotopic (exact) mass is 533 g/mol. The molecule has 194 valence electrons. The third kappa shape index (κ3) is 2.92. The van der Waals surface area contributed by atoms with Crippen LogP contribution in [-0.4, -0.2) is 0 Å². The van der Waals surface area contributed by atoms with E-state index in [0.717, 1.165) is 33.1 Å². The van der Waals surface area contributed by atoms with Crippen molar-refractivity contribution in [3.63, 3.8) is 0 Å². The zero-order valence-electron chi connectivity index (χ0n) is 22.6. The topological polar surface area (TPSA) is 36.9 Å². The number of furan rings is 1. The average molecular weight is 534 g/mol. The van der Waals surface area contributed by atoms with Gasteiger partial charge in [-0.2, -0.15) is 5.26 Å². The maximum atomic E-state index is 9.36. The van der Waals surface area contributed by atoms with Gasteiger partial charge in [0.25, 0.3) is 0 Å². The number of hydrogen-bond acceptors (Lipinski definition) is 2. The van der Waals surface area contributed by atoms with E-state index in [9.17, 15) is 5.26 Å². The van der Waals surface area contributed by atoms with Crippen LogP contribution in [0.5, 0.6) is 0 Å². The molecule has 0 fully saturated rings. The predicted octanol–water partition coefficient (Wildman–Crippen LogP) is 9.97. The molecular formula is C40H23NO. The molecule has 0 radical (unpaired) electrons. The summed E-state index contributed by atoms with van der Waals surface area (Å²) in [7, 11) is 0. The largest absolute Gasteiger partial charge is 0.455 e. The lowest BCUT2D eigenvalue weighted by Crippen LogP contribution is -2.30. The van der Waals surface area contributed by atoms with Crippen molar-refractivity contribution in [3.8, 4) is 28.3 Å². The first kappa shape index (κ1) is 23.1. The van der Waals surface area contributed by atoms with Crippen LogP contribution in [0, 0.1) is 11.3 Å².